The Hall–Kier alpha value is -1.40. The Morgan fingerprint density at radius 3 is 2.84 bits per heavy atom. The third-order valence-electron chi connectivity index (χ3n) is 2.75. The molecule has 1 heterocycles. The molecule has 0 aromatic carbocycles. The zero-order chi connectivity index (χ0) is 14.3. The predicted octanol–water partition coefficient (Wildman–Crippen LogP) is 1.11. The van der Waals surface area contributed by atoms with Crippen molar-refractivity contribution < 1.29 is 14.3 Å². The van der Waals surface area contributed by atoms with Crippen LogP contribution in [0.1, 0.15) is 36.8 Å². The lowest BCUT2D eigenvalue weighted by atomic mass is 10.2. The van der Waals surface area contributed by atoms with Gasteiger partial charge >= 0.3 is 5.97 Å². The molecule has 1 N–H and O–H groups in total. The quantitative estimate of drug-likeness (QED) is 0.716. The Labute approximate surface area is 114 Å². The van der Waals surface area contributed by atoms with E-state index < -0.39 is 0 Å². The van der Waals surface area contributed by atoms with Crippen molar-refractivity contribution in [1.82, 2.24) is 15.1 Å². The second kappa shape index (κ2) is 7.91. The molecule has 1 rings (SSSR count). The number of nitrogens with one attached hydrogen (secondary N) is 1. The Bertz CT molecular complexity index is 404. The van der Waals surface area contributed by atoms with E-state index in [0.717, 1.165) is 5.69 Å². The molecule has 0 saturated heterocycles. The molecule has 0 saturated carbocycles. The molecule has 6 nitrogen and oxygen atoms in total. The number of hydrogen-bond acceptors (Lipinski definition) is 5. The van der Waals surface area contributed by atoms with Crippen LogP contribution in [-0.2, 0) is 23.1 Å². The first-order chi connectivity index (χ1) is 9.10. The summed E-state index contributed by atoms with van der Waals surface area (Å²) in [6.45, 7) is 8.05. The summed E-state index contributed by atoms with van der Waals surface area (Å²) in [5, 5.41) is 7.41. The van der Waals surface area contributed by atoms with Gasteiger partial charge in [0.05, 0.1) is 25.1 Å². The number of carbonyl (C=O) groups is 1. The summed E-state index contributed by atoms with van der Waals surface area (Å²) in [6, 6.07) is 0.213. The molecule has 1 aromatic rings. The van der Waals surface area contributed by atoms with E-state index in [0.29, 0.717) is 31.9 Å². The van der Waals surface area contributed by atoms with Gasteiger partial charge in [-0.15, -0.1) is 0 Å². The SMILES string of the molecule is CCOCC(C)NCc1c(C(=O)OCC)cnn1C. The third kappa shape index (κ3) is 4.65. The van der Waals surface area contributed by atoms with Crippen LogP contribution >= 0.6 is 0 Å². The van der Waals surface area contributed by atoms with Crippen molar-refractivity contribution in [2.45, 2.75) is 33.4 Å². The molecule has 19 heavy (non-hydrogen) atoms. The first-order valence-electron chi connectivity index (χ1n) is 6.59. The lowest BCUT2D eigenvalue weighted by Crippen LogP contribution is -2.31. The van der Waals surface area contributed by atoms with Gasteiger partial charge in [-0.2, -0.15) is 5.10 Å². The van der Waals surface area contributed by atoms with Crippen molar-refractivity contribution in [3.05, 3.63) is 17.5 Å². The molecule has 0 radical (unpaired) electrons. The van der Waals surface area contributed by atoms with Crippen molar-refractivity contribution in [2.24, 2.45) is 7.05 Å². The second-order valence-corrected chi connectivity index (χ2v) is 4.29. The maximum atomic E-state index is 11.8. The molecule has 1 atom stereocenters. The Morgan fingerprint density at radius 1 is 1.47 bits per heavy atom. The van der Waals surface area contributed by atoms with Crippen molar-refractivity contribution >= 4 is 5.97 Å². The summed E-state index contributed by atoms with van der Waals surface area (Å²) in [4.78, 5) is 11.8. The summed E-state index contributed by atoms with van der Waals surface area (Å²) in [6.07, 6.45) is 1.54. The summed E-state index contributed by atoms with van der Waals surface area (Å²) in [5.41, 5.74) is 1.34. The summed E-state index contributed by atoms with van der Waals surface area (Å²) < 4.78 is 12.0. The maximum absolute atomic E-state index is 11.8. The van der Waals surface area contributed by atoms with Gasteiger partial charge in [-0.1, -0.05) is 0 Å². The molecule has 0 spiro atoms. The van der Waals surface area contributed by atoms with Crippen LogP contribution in [0.2, 0.25) is 0 Å². The number of carbonyl (C=O) groups excluding carboxylic acids is 1. The van der Waals surface area contributed by atoms with Gasteiger partial charge < -0.3 is 14.8 Å². The molecule has 1 aromatic heterocycles. The van der Waals surface area contributed by atoms with Crippen molar-refractivity contribution in [3.63, 3.8) is 0 Å². The summed E-state index contributed by atoms with van der Waals surface area (Å²) >= 11 is 0. The lowest BCUT2D eigenvalue weighted by Gasteiger charge is -2.14. The normalized spacial score (nSPS) is 12.4. The van der Waals surface area contributed by atoms with E-state index in [1.54, 1.807) is 17.8 Å². The van der Waals surface area contributed by atoms with Crippen LogP contribution in [-0.4, -0.2) is 41.6 Å². The summed E-state index contributed by atoms with van der Waals surface area (Å²) in [7, 11) is 1.81. The van der Waals surface area contributed by atoms with Gasteiger partial charge in [-0.05, 0) is 20.8 Å². The number of nitrogens with zero attached hydrogens (tertiary/aromatic N) is 2. The van der Waals surface area contributed by atoms with Crippen molar-refractivity contribution in [2.75, 3.05) is 19.8 Å². The molecular formula is C13H23N3O3. The largest absolute Gasteiger partial charge is 0.462 e. The summed E-state index contributed by atoms with van der Waals surface area (Å²) in [5.74, 6) is -0.329. The number of rotatable bonds is 8. The van der Waals surface area contributed by atoms with Crippen LogP contribution < -0.4 is 5.32 Å². The van der Waals surface area contributed by atoms with E-state index in [1.165, 1.54) is 0 Å². The van der Waals surface area contributed by atoms with Gasteiger partial charge in [0.1, 0.15) is 5.56 Å². The Kier molecular flexibility index (Phi) is 6.52. The van der Waals surface area contributed by atoms with Crippen LogP contribution in [0.3, 0.4) is 0 Å². The zero-order valence-electron chi connectivity index (χ0n) is 12.1. The van der Waals surface area contributed by atoms with Gasteiger partial charge in [-0.3, -0.25) is 4.68 Å². The number of hydrogen-bond donors (Lipinski definition) is 1. The molecule has 6 heteroatoms. The van der Waals surface area contributed by atoms with Gasteiger partial charge in [0.25, 0.3) is 0 Å². The highest BCUT2D eigenvalue weighted by molar-refractivity contribution is 5.90. The fraction of sp³-hybridized carbons (Fsp3) is 0.692. The van der Waals surface area contributed by atoms with E-state index >= 15 is 0 Å². The highest BCUT2D eigenvalue weighted by atomic mass is 16.5. The molecule has 0 aliphatic carbocycles. The van der Waals surface area contributed by atoms with E-state index in [9.17, 15) is 4.79 Å². The van der Waals surface area contributed by atoms with Crippen LogP contribution in [0.5, 0.6) is 0 Å². The average molecular weight is 269 g/mol. The van der Waals surface area contributed by atoms with Gasteiger partial charge in [-0.25, -0.2) is 4.79 Å². The fourth-order valence-electron chi connectivity index (χ4n) is 1.68. The molecule has 108 valence electrons. The minimum atomic E-state index is -0.329. The number of aryl methyl sites for hydroxylation is 1. The Balaban J connectivity index is 2.62. The molecule has 0 bridgehead atoms. The molecule has 0 aliphatic rings. The van der Waals surface area contributed by atoms with Gasteiger partial charge in [0.2, 0.25) is 0 Å². The average Bonchev–Trinajstić information content (AvgIpc) is 2.75. The zero-order valence-corrected chi connectivity index (χ0v) is 12.1. The monoisotopic (exact) mass is 269 g/mol. The number of aromatic nitrogens is 2. The first-order valence-corrected chi connectivity index (χ1v) is 6.59. The van der Waals surface area contributed by atoms with Crippen molar-refractivity contribution in [1.29, 1.82) is 0 Å². The molecule has 0 amide bonds. The van der Waals surface area contributed by atoms with Crippen LogP contribution in [0.25, 0.3) is 0 Å². The topological polar surface area (TPSA) is 65.4 Å². The molecule has 0 fully saturated rings. The molecular weight excluding hydrogens is 246 g/mol. The molecule has 1 unspecified atom stereocenters. The standard InChI is InChI=1S/C13H23N3O3/c1-5-18-9-10(3)14-8-12-11(7-15-16(12)4)13(17)19-6-2/h7,10,14H,5-6,8-9H2,1-4H3. The number of esters is 1. The Morgan fingerprint density at radius 2 is 2.21 bits per heavy atom. The predicted molar refractivity (Wildman–Crippen MR) is 72.0 cm³/mol. The van der Waals surface area contributed by atoms with Crippen molar-refractivity contribution in [3.8, 4) is 0 Å². The first kappa shape index (κ1) is 15.7. The minimum Gasteiger partial charge on any atom is -0.462 e. The van der Waals surface area contributed by atoms with E-state index in [1.807, 2.05) is 20.9 Å². The third-order valence-corrected chi connectivity index (χ3v) is 2.75. The fourth-order valence-corrected chi connectivity index (χ4v) is 1.68. The second-order valence-electron chi connectivity index (χ2n) is 4.29. The lowest BCUT2D eigenvalue weighted by molar-refractivity contribution is 0.0524. The minimum absolute atomic E-state index is 0.213. The van der Waals surface area contributed by atoms with Crippen LogP contribution in [0.4, 0.5) is 0 Å². The highest BCUT2D eigenvalue weighted by Crippen LogP contribution is 2.09. The number of ether oxygens (including phenoxy) is 2. The van der Waals surface area contributed by atoms with E-state index in [-0.39, 0.29) is 12.0 Å². The van der Waals surface area contributed by atoms with Gasteiger partial charge in [0, 0.05) is 26.2 Å². The van der Waals surface area contributed by atoms with Gasteiger partial charge in [0.15, 0.2) is 0 Å². The molecule has 0 aliphatic heterocycles. The van der Waals surface area contributed by atoms with Crippen LogP contribution in [0.15, 0.2) is 6.20 Å². The highest BCUT2D eigenvalue weighted by Gasteiger charge is 2.17. The van der Waals surface area contributed by atoms with E-state index in [4.69, 9.17) is 9.47 Å². The smallest absolute Gasteiger partial charge is 0.341 e. The maximum Gasteiger partial charge on any atom is 0.341 e. The van der Waals surface area contributed by atoms with E-state index in [2.05, 4.69) is 10.4 Å². The van der Waals surface area contributed by atoms with Crippen LogP contribution in [0, 0.1) is 0 Å².